The van der Waals surface area contributed by atoms with E-state index >= 15 is 0 Å². The van der Waals surface area contributed by atoms with Gasteiger partial charge >= 0.3 is 0 Å². The van der Waals surface area contributed by atoms with Gasteiger partial charge in [-0.25, -0.2) is 0 Å². The van der Waals surface area contributed by atoms with E-state index in [0.717, 1.165) is 0 Å². The summed E-state index contributed by atoms with van der Waals surface area (Å²) in [6.07, 6.45) is 6.94. The molecule has 0 saturated heterocycles. The molecule has 0 aliphatic rings. The van der Waals surface area contributed by atoms with Gasteiger partial charge in [0.15, 0.2) is 0 Å². The van der Waals surface area contributed by atoms with E-state index in [9.17, 15) is 4.79 Å². The average molecular weight is 180 g/mol. The molecular formula is C10H16N2O. The maximum absolute atomic E-state index is 11.3. The number of nitrogens with zero attached hydrogens (tertiary/aromatic N) is 1. The quantitative estimate of drug-likeness (QED) is 0.667. The van der Waals surface area contributed by atoms with E-state index < -0.39 is 0 Å². The Hall–Kier alpha value is -1.51. The molecule has 0 atom stereocenters. The van der Waals surface area contributed by atoms with Crippen LogP contribution in [0, 0.1) is 0 Å². The summed E-state index contributed by atoms with van der Waals surface area (Å²) in [4.78, 5) is 13.0. The molecule has 0 saturated carbocycles. The molecule has 0 aromatic carbocycles. The van der Waals surface area contributed by atoms with Crippen molar-refractivity contribution < 1.29 is 4.79 Å². The van der Waals surface area contributed by atoms with Gasteiger partial charge in [-0.1, -0.05) is 18.7 Å². The third-order valence-corrected chi connectivity index (χ3v) is 1.52. The monoisotopic (exact) mass is 180 g/mol. The number of hydrogen-bond acceptors (Lipinski definition) is 2. The summed E-state index contributed by atoms with van der Waals surface area (Å²) >= 11 is 0. The van der Waals surface area contributed by atoms with Gasteiger partial charge in [0.25, 0.3) is 5.91 Å². The van der Waals surface area contributed by atoms with Crippen molar-refractivity contribution in [2.75, 3.05) is 7.05 Å². The summed E-state index contributed by atoms with van der Waals surface area (Å²) in [5, 5.41) is 2.56. The number of carbonyl (C=O) groups excluding carboxylic acids is 1. The third kappa shape index (κ3) is 3.15. The highest BCUT2D eigenvalue weighted by Crippen LogP contribution is 2.05. The Morgan fingerprint density at radius 2 is 2.08 bits per heavy atom. The minimum absolute atomic E-state index is 0.125. The van der Waals surface area contributed by atoms with Crippen molar-refractivity contribution in [3.63, 3.8) is 0 Å². The molecule has 3 heteroatoms. The minimum Gasteiger partial charge on any atom is -0.354 e. The van der Waals surface area contributed by atoms with Gasteiger partial charge in [0.05, 0.1) is 0 Å². The first-order valence-electron chi connectivity index (χ1n) is 4.13. The highest BCUT2D eigenvalue weighted by Gasteiger charge is 2.09. The van der Waals surface area contributed by atoms with Crippen LogP contribution in [0.15, 0.2) is 36.8 Å². The molecule has 3 nitrogen and oxygen atoms in total. The Kier molecular flexibility index (Phi) is 5.35. The fraction of sp³-hybridized carbons (Fsp3) is 0.300. The first-order valence-corrected chi connectivity index (χ1v) is 4.13. The Labute approximate surface area is 79.4 Å². The number of carbonyl (C=O) groups is 1. The van der Waals surface area contributed by atoms with Crippen LogP contribution in [-0.2, 0) is 4.79 Å². The van der Waals surface area contributed by atoms with Crippen molar-refractivity contribution in [2.45, 2.75) is 13.8 Å². The van der Waals surface area contributed by atoms with Crippen LogP contribution < -0.4 is 5.32 Å². The summed E-state index contributed by atoms with van der Waals surface area (Å²) < 4.78 is 0. The molecule has 0 spiro atoms. The molecule has 0 fully saturated rings. The molecule has 1 amide bonds. The van der Waals surface area contributed by atoms with Crippen molar-refractivity contribution >= 4 is 5.91 Å². The maximum Gasteiger partial charge on any atom is 0.267 e. The van der Waals surface area contributed by atoms with Crippen LogP contribution in [0.2, 0.25) is 0 Å². The summed E-state index contributed by atoms with van der Waals surface area (Å²) in [5.41, 5.74) is 0.565. The molecule has 0 bridgehead atoms. The molecule has 0 rings (SSSR count). The normalized spacial score (nSPS) is 11.5. The predicted molar refractivity (Wildman–Crippen MR) is 54.7 cm³/mol. The van der Waals surface area contributed by atoms with Crippen LogP contribution in [0.25, 0.3) is 0 Å². The Balaban J connectivity index is 4.74. The maximum atomic E-state index is 11.3. The number of allylic oxidation sites excluding steroid dienone is 2. The Bertz CT molecular complexity index is 241. The largest absolute Gasteiger partial charge is 0.354 e. The summed E-state index contributed by atoms with van der Waals surface area (Å²) in [5.74, 6) is -0.125. The summed E-state index contributed by atoms with van der Waals surface area (Å²) in [6, 6.07) is 0. The van der Waals surface area contributed by atoms with Crippen LogP contribution in [0.4, 0.5) is 0 Å². The first-order chi connectivity index (χ1) is 6.21. The number of nitrogens with one attached hydrogen (secondary N) is 1. The van der Waals surface area contributed by atoms with Crippen molar-refractivity contribution in [3.8, 4) is 0 Å². The van der Waals surface area contributed by atoms with E-state index in [4.69, 9.17) is 0 Å². The number of likely N-dealkylation sites (N-methyl/N-ethyl adjacent to an activating group) is 1. The van der Waals surface area contributed by atoms with Crippen molar-refractivity contribution in [1.82, 2.24) is 10.2 Å². The van der Waals surface area contributed by atoms with E-state index in [2.05, 4.69) is 11.9 Å². The van der Waals surface area contributed by atoms with Gasteiger partial charge in [-0.15, -0.1) is 0 Å². The topological polar surface area (TPSA) is 32.3 Å². The van der Waals surface area contributed by atoms with Crippen LogP contribution in [0.1, 0.15) is 13.8 Å². The zero-order valence-electron chi connectivity index (χ0n) is 8.37. The lowest BCUT2D eigenvalue weighted by Crippen LogP contribution is -2.27. The molecule has 72 valence electrons. The van der Waals surface area contributed by atoms with Gasteiger partial charge in [0.2, 0.25) is 0 Å². The second kappa shape index (κ2) is 6.06. The number of rotatable bonds is 4. The summed E-state index contributed by atoms with van der Waals surface area (Å²) in [6.45, 7) is 7.31. The summed E-state index contributed by atoms with van der Waals surface area (Å²) in [7, 11) is 1.60. The molecule has 0 aromatic heterocycles. The second-order valence-corrected chi connectivity index (χ2v) is 2.33. The molecule has 13 heavy (non-hydrogen) atoms. The second-order valence-electron chi connectivity index (χ2n) is 2.33. The lowest BCUT2D eigenvalue weighted by Gasteiger charge is -2.16. The van der Waals surface area contributed by atoms with Crippen molar-refractivity contribution in [2.24, 2.45) is 0 Å². The van der Waals surface area contributed by atoms with Crippen LogP contribution in [0.5, 0.6) is 0 Å². The highest BCUT2D eigenvalue weighted by atomic mass is 16.2. The fourth-order valence-corrected chi connectivity index (χ4v) is 0.926. The van der Waals surface area contributed by atoms with Crippen LogP contribution in [0.3, 0.4) is 0 Å². The van der Waals surface area contributed by atoms with Gasteiger partial charge in [-0.3, -0.25) is 4.79 Å². The van der Waals surface area contributed by atoms with E-state index in [0.29, 0.717) is 5.70 Å². The SMILES string of the molecule is C=CN(/C=C/C)/C(=C\C)C(=O)NC. The molecule has 0 aromatic rings. The standard InChI is InChI=1S/C10H16N2O/c1-5-8-12(7-3)9(6-2)10(13)11-4/h5-8H,3H2,1-2,4H3,(H,11,13)/b8-5+,9-6-. The zero-order valence-corrected chi connectivity index (χ0v) is 8.37. The molecular weight excluding hydrogens is 164 g/mol. The zero-order chi connectivity index (χ0) is 10.3. The van der Waals surface area contributed by atoms with Crippen molar-refractivity contribution in [3.05, 3.63) is 36.8 Å². The smallest absolute Gasteiger partial charge is 0.267 e. The average Bonchev–Trinajstić information content (AvgIpc) is 2.17. The molecule has 0 unspecified atom stereocenters. The molecule has 0 aliphatic carbocycles. The van der Waals surface area contributed by atoms with Gasteiger partial charge < -0.3 is 10.2 Å². The van der Waals surface area contributed by atoms with E-state index in [-0.39, 0.29) is 5.91 Å². The molecule has 1 N–H and O–H groups in total. The van der Waals surface area contributed by atoms with E-state index in [1.54, 1.807) is 30.4 Å². The third-order valence-electron chi connectivity index (χ3n) is 1.52. The Morgan fingerprint density at radius 1 is 1.46 bits per heavy atom. The molecule has 0 heterocycles. The van der Waals surface area contributed by atoms with E-state index in [1.807, 2.05) is 19.9 Å². The van der Waals surface area contributed by atoms with Crippen LogP contribution >= 0.6 is 0 Å². The highest BCUT2D eigenvalue weighted by molar-refractivity contribution is 5.92. The number of hydrogen-bond donors (Lipinski definition) is 1. The van der Waals surface area contributed by atoms with Gasteiger partial charge in [0, 0.05) is 19.4 Å². The fourth-order valence-electron chi connectivity index (χ4n) is 0.926. The molecule has 0 aliphatic heterocycles. The van der Waals surface area contributed by atoms with Crippen LogP contribution in [-0.4, -0.2) is 17.9 Å². The Morgan fingerprint density at radius 3 is 2.38 bits per heavy atom. The van der Waals surface area contributed by atoms with E-state index in [1.165, 1.54) is 0 Å². The number of amides is 1. The predicted octanol–water partition coefficient (Wildman–Crippen LogP) is 1.62. The lowest BCUT2D eigenvalue weighted by molar-refractivity contribution is -0.118. The van der Waals surface area contributed by atoms with Crippen molar-refractivity contribution in [1.29, 1.82) is 0 Å². The molecule has 0 radical (unpaired) electrons. The van der Waals surface area contributed by atoms with Gasteiger partial charge in [-0.2, -0.15) is 0 Å². The van der Waals surface area contributed by atoms with Gasteiger partial charge in [-0.05, 0) is 13.8 Å². The minimum atomic E-state index is -0.125. The lowest BCUT2D eigenvalue weighted by atomic mass is 10.3. The van der Waals surface area contributed by atoms with Gasteiger partial charge in [0.1, 0.15) is 5.70 Å². The first kappa shape index (κ1) is 11.5.